The Labute approximate surface area is 135 Å². The van der Waals surface area contributed by atoms with Crippen LogP contribution in [0.4, 0.5) is 17.1 Å². The van der Waals surface area contributed by atoms with Gasteiger partial charge in [0.05, 0.1) is 15.7 Å². The molecule has 0 atom stereocenters. The van der Waals surface area contributed by atoms with Gasteiger partial charge < -0.3 is 4.90 Å². The average molecular weight is 322 g/mol. The molecule has 2 aromatic rings. The van der Waals surface area contributed by atoms with E-state index in [1.165, 1.54) is 0 Å². The molecule has 2 rings (SSSR count). The molecule has 0 aliphatic carbocycles. The number of aryl methyl sites for hydroxylation is 1. The van der Waals surface area contributed by atoms with Crippen LogP contribution < -0.4 is 4.90 Å². The Hall–Kier alpha value is -1.58. The van der Waals surface area contributed by atoms with Crippen LogP contribution in [0.3, 0.4) is 0 Å². The standard InChI is InChI=1S/C16H17Cl2N3/c1-4-21(3)13-7-5-12(6-8-13)19-20-16-14(17)9-11(2)10-15(16)18/h5-10H,4H2,1-3H3. The minimum absolute atomic E-state index is 0.499. The fourth-order valence-corrected chi connectivity index (χ4v) is 2.52. The Morgan fingerprint density at radius 1 is 1.00 bits per heavy atom. The molecule has 0 unspecified atom stereocenters. The van der Waals surface area contributed by atoms with Crippen molar-refractivity contribution in [1.82, 2.24) is 0 Å². The fraction of sp³-hybridized carbons (Fsp3) is 0.250. The summed E-state index contributed by atoms with van der Waals surface area (Å²) in [5.41, 5.74) is 3.40. The van der Waals surface area contributed by atoms with E-state index in [2.05, 4.69) is 22.1 Å². The highest BCUT2D eigenvalue weighted by atomic mass is 35.5. The molecule has 0 fully saturated rings. The highest BCUT2D eigenvalue weighted by Crippen LogP contribution is 2.35. The Bertz CT molecular complexity index is 628. The lowest BCUT2D eigenvalue weighted by molar-refractivity contribution is 0.968. The summed E-state index contributed by atoms with van der Waals surface area (Å²) < 4.78 is 0. The van der Waals surface area contributed by atoms with E-state index in [0.29, 0.717) is 15.7 Å². The van der Waals surface area contributed by atoms with E-state index in [0.717, 1.165) is 23.5 Å². The monoisotopic (exact) mass is 321 g/mol. The number of benzene rings is 2. The maximum atomic E-state index is 6.14. The molecule has 0 saturated heterocycles. The second kappa shape index (κ2) is 6.92. The zero-order valence-corrected chi connectivity index (χ0v) is 13.8. The average Bonchev–Trinajstić information content (AvgIpc) is 2.46. The predicted molar refractivity (Wildman–Crippen MR) is 90.8 cm³/mol. The van der Waals surface area contributed by atoms with Gasteiger partial charge in [0, 0.05) is 19.3 Å². The molecule has 0 bridgehead atoms. The normalized spacial score (nSPS) is 11.1. The zero-order valence-electron chi connectivity index (χ0n) is 12.3. The zero-order chi connectivity index (χ0) is 15.4. The molecule has 110 valence electrons. The molecule has 0 aliphatic rings. The summed E-state index contributed by atoms with van der Waals surface area (Å²) in [6.45, 7) is 4.99. The second-order valence-corrected chi connectivity index (χ2v) is 5.62. The minimum atomic E-state index is 0.499. The molecule has 3 nitrogen and oxygen atoms in total. The second-order valence-electron chi connectivity index (χ2n) is 4.81. The van der Waals surface area contributed by atoms with Crippen LogP contribution in [0.2, 0.25) is 10.0 Å². The van der Waals surface area contributed by atoms with Gasteiger partial charge in [0.15, 0.2) is 0 Å². The first-order valence-corrected chi connectivity index (χ1v) is 7.45. The predicted octanol–water partition coefficient (Wildman–Crippen LogP) is 6.17. The van der Waals surface area contributed by atoms with E-state index < -0.39 is 0 Å². The Morgan fingerprint density at radius 3 is 2.10 bits per heavy atom. The number of halogens is 2. The summed E-state index contributed by atoms with van der Waals surface area (Å²) >= 11 is 12.3. The van der Waals surface area contributed by atoms with Gasteiger partial charge in [-0.05, 0) is 55.8 Å². The lowest BCUT2D eigenvalue weighted by atomic mass is 10.2. The molecule has 0 aliphatic heterocycles. The first-order chi connectivity index (χ1) is 10.0. The van der Waals surface area contributed by atoms with E-state index in [-0.39, 0.29) is 0 Å². The quantitative estimate of drug-likeness (QED) is 0.618. The largest absolute Gasteiger partial charge is 0.375 e. The summed E-state index contributed by atoms with van der Waals surface area (Å²) in [5, 5.41) is 9.36. The van der Waals surface area contributed by atoms with Gasteiger partial charge in [-0.25, -0.2) is 0 Å². The number of nitrogens with zero attached hydrogens (tertiary/aromatic N) is 3. The SMILES string of the molecule is CCN(C)c1ccc(N=Nc2c(Cl)cc(C)cc2Cl)cc1. The van der Waals surface area contributed by atoms with Gasteiger partial charge in [-0.3, -0.25) is 0 Å². The number of hydrogen-bond acceptors (Lipinski definition) is 3. The van der Waals surface area contributed by atoms with Gasteiger partial charge in [0.1, 0.15) is 5.69 Å². The van der Waals surface area contributed by atoms with Crippen LogP contribution in [0, 0.1) is 6.92 Å². The van der Waals surface area contributed by atoms with E-state index in [1.807, 2.05) is 50.4 Å². The van der Waals surface area contributed by atoms with E-state index in [1.54, 1.807) is 0 Å². The van der Waals surface area contributed by atoms with Crippen LogP contribution >= 0.6 is 23.2 Å². The first kappa shape index (κ1) is 15.8. The topological polar surface area (TPSA) is 28.0 Å². The number of rotatable bonds is 4. The molecule has 0 saturated carbocycles. The summed E-state index contributed by atoms with van der Waals surface area (Å²) in [4.78, 5) is 2.15. The molecule has 0 spiro atoms. The third-order valence-corrected chi connectivity index (χ3v) is 3.77. The molecule has 0 amide bonds. The Kier molecular flexibility index (Phi) is 5.21. The van der Waals surface area contributed by atoms with Crippen molar-refractivity contribution in [1.29, 1.82) is 0 Å². The van der Waals surface area contributed by atoms with Crippen LogP contribution in [0.1, 0.15) is 12.5 Å². The van der Waals surface area contributed by atoms with Crippen molar-refractivity contribution in [2.75, 3.05) is 18.5 Å². The lowest BCUT2D eigenvalue weighted by Crippen LogP contribution is -2.15. The van der Waals surface area contributed by atoms with Crippen LogP contribution in [0.15, 0.2) is 46.6 Å². The van der Waals surface area contributed by atoms with Crippen LogP contribution in [0.5, 0.6) is 0 Å². The van der Waals surface area contributed by atoms with E-state index >= 15 is 0 Å². The summed E-state index contributed by atoms with van der Waals surface area (Å²) in [6, 6.07) is 11.5. The lowest BCUT2D eigenvalue weighted by Gasteiger charge is -2.16. The van der Waals surface area contributed by atoms with Crippen molar-refractivity contribution in [3.05, 3.63) is 52.0 Å². The highest BCUT2D eigenvalue weighted by molar-refractivity contribution is 6.38. The fourth-order valence-electron chi connectivity index (χ4n) is 1.85. The number of azo groups is 1. The molecule has 2 aromatic carbocycles. The molecule has 21 heavy (non-hydrogen) atoms. The van der Waals surface area contributed by atoms with Gasteiger partial charge in [0.2, 0.25) is 0 Å². The van der Waals surface area contributed by atoms with Crippen molar-refractivity contribution in [3.63, 3.8) is 0 Å². The van der Waals surface area contributed by atoms with Crippen LogP contribution in [0.25, 0.3) is 0 Å². The molecule has 0 N–H and O–H groups in total. The van der Waals surface area contributed by atoms with Gasteiger partial charge in [-0.15, -0.1) is 5.11 Å². The molecule has 0 radical (unpaired) electrons. The molecular formula is C16H17Cl2N3. The van der Waals surface area contributed by atoms with Crippen molar-refractivity contribution < 1.29 is 0 Å². The van der Waals surface area contributed by atoms with Crippen molar-refractivity contribution in [2.45, 2.75) is 13.8 Å². The molecule has 0 aromatic heterocycles. The first-order valence-electron chi connectivity index (χ1n) is 6.70. The van der Waals surface area contributed by atoms with Crippen LogP contribution in [-0.2, 0) is 0 Å². The van der Waals surface area contributed by atoms with Gasteiger partial charge in [-0.1, -0.05) is 23.2 Å². The minimum Gasteiger partial charge on any atom is -0.375 e. The smallest absolute Gasteiger partial charge is 0.123 e. The molecular weight excluding hydrogens is 305 g/mol. The van der Waals surface area contributed by atoms with E-state index in [4.69, 9.17) is 23.2 Å². The maximum Gasteiger partial charge on any atom is 0.123 e. The van der Waals surface area contributed by atoms with Crippen molar-refractivity contribution in [3.8, 4) is 0 Å². The molecule has 5 heteroatoms. The summed E-state index contributed by atoms with van der Waals surface area (Å²) in [5.74, 6) is 0. The highest BCUT2D eigenvalue weighted by Gasteiger charge is 2.06. The van der Waals surface area contributed by atoms with Crippen molar-refractivity contribution >= 4 is 40.3 Å². The summed E-state index contributed by atoms with van der Waals surface area (Å²) in [6.07, 6.45) is 0. The van der Waals surface area contributed by atoms with Crippen molar-refractivity contribution in [2.24, 2.45) is 10.2 Å². The Morgan fingerprint density at radius 2 is 1.57 bits per heavy atom. The van der Waals surface area contributed by atoms with Gasteiger partial charge >= 0.3 is 0 Å². The number of hydrogen-bond donors (Lipinski definition) is 0. The summed E-state index contributed by atoms with van der Waals surface area (Å²) in [7, 11) is 2.04. The Balaban J connectivity index is 2.22. The van der Waals surface area contributed by atoms with Crippen LogP contribution in [-0.4, -0.2) is 13.6 Å². The van der Waals surface area contributed by atoms with Gasteiger partial charge in [-0.2, -0.15) is 5.11 Å². The van der Waals surface area contributed by atoms with Gasteiger partial charge in [0.25, 0.3) is 0 Å². The third kappa shape index (κ3) is 3.96. The number of anilines is 1. The third-order valence-electron chi connectivity index (χ3n) is 3.19. The maximum absolute atomic E-state index is 6.14. The van der Waals surface area contributed by atoms with E-state index in [9.17, 15) is 0 Å². The molecule has 0 heterocycles.